The van der Waals surface area contributed by atoms with E-state index in [1.807, 2.05) is 6.07 Å². The van der Waals surface area contributed by atoms with Gasteiger partial charge in [0.2, 0.25) is 0 Å². The van der Waals surface area contributed by atoms with Gasteiger partial charge in [-0.2, -0.15) is 0 Å². The molecule has 1 aromatic carbocycles. The first-order valence-electron chi connectivity index (χ1n) is 5.60. The quantitative estimate of drug-likeness (QED) is 0.645. The highest BCUT2D eigenvalue weighted by Crippen LogP contribution is 2.27. The predicted octanol–water partition coefficient (Wildman–Crippen LogP) is 4.78. The highest BCUT2D eigenvalue weighted by molar-refractivity contribution is 9.11. The highest BCUT2D eigenvalue weighted by atomic mass is 79.9. The van der Waals surface area contributed by atoms with Crippen LogP contribution >= 0.6 is 47.8 Å². The van der Waals surface area contributed by atoms with Crippen LogP contribution in [0, 0.1) is 0 Å². The molecule has 0 spiro atoms. The molecule has 3 nitrogen and oxygen atoms in total. The average Bonchev–Trinajstić information content (AvgIpc) is 2.71. The molecule has 0 unspecified atom stereocenters. The summed E-state index contributed by atoms with van der Waals surface area (Å²) in [5.74, 6) is 1.87. The van der Waals surface area contributed by atoms with Crippen molar-refractivity contribution in [2.45, 2.75) is 25.2 Å². The third-order valence-corrected chi connectivity index (χ3v) is 3.93. The topological polar surface area (TPSA) is 30.7 Å². The van der Waals surface area contributed by atoms with E-state index in [1.165, 1.54) is 0 Å². The molecular formula is C12H12Br3N3. The Morgan fingerprint density at radius 2 is 1.78 bits per heavy atom. The van der Waals surface area contributed by atoms with Crippen LogP contribution in [0.2, 0.25) is 0 Å². The number of halogens is 3. The van der Waals surface area contributed by atoms with Crippen molar-refractivity contribution < 1.29 is 0 Å². The second-order valence-corrected chi connectivity index (χ2v) is 6.28. The SMILES string of the molecule is CCCn1c(CBr)nnc1-c1cc(Br)cc(Br)c1. The van der Waals surface area contributed by atoms with Gasteiger partial charge in [0.15, 0.2) is 5.82 Å². The van der Waals surface area contributed by atoms with E-state index in [2.05, 4.69) is 81.6 Å². The van der Waals surface area contributed by atoms with Crippen molar-refractivity contribution in [2.75, 3.05) is 0 Å². The fraction of sp³-hybridized carbons (Fsp3) is 0.333. The molecule has 2 aromatic rings. The lowest BCUT2D eigenvalue weighted by Crippen LogP contribution is -2.03. The molecule has 0 aliphatic rings. The van der Waals surface area contributed by atoms with Gasteiger partial charge in [0.1, 0.15) is 5.82 Å². The van der Waals surface area contributed by atoms with Gasteiger partial charge in [-0.25, -0.2) is 0 Å². The lowest BCUT2D eigenvalue weighted by molar-refractivity contribution is 0.661. The fourth-order valence-electron chi connectivity index (χ4n) is 1.79. The predicted molar refractivity (Wildman–Crippen MR) is 83.8 cm³/mol. The minimum absolute atomic E-state index is 0.717. The van der Waals surface area contributed by atoms with Crippen LogP contribution in [0.5, 0.6) is 0 Å². The van der Waals surface area contributed by atoms with E-state index in [9.17, 15) is 0 Å². The molecule has 0 N–H and O–H groups in total. The number of hydrogen-bond donors (Lipinski definition) is 0. The number of nitrogens with zero attached hydrogens (tertiary/aromatic N) is 3. The molecule has 0 amide bonds. The van der Waals surface area contributed by atoms with Gasteiger partial charge in [0.25, 0.3) is 0 Å². The first-order valence-corrected chi connectivity index (χ1v) is 8.31. The molecule has 0 bridgehead atoms. The molecule has 0 radical (unpaired) electrons. The Balaban J connectivity index is 2.52. The van der Waals surface area contributed by atoms with E-state index in [0.717, 1.165) is 44.5 Å². The normalized spacial score (nSPS) is 10.9. The van der Waals surface area contributed by atoms with E-state index in [-0.39, 0.29) is 0 Å². The highest BCUT2D eigenvalue weighted by Gasteiger charge is 2.13. The molecule has 0 saturated carbocycles. The summed E-state index contributed by atoms with van der Waals surface area (Å²) in [6, 6.07) is 6.12. The first-order chi connectivity index (χ1) is 8.65. The summed E-state index contributed by atoms with van der Waals surface area (Å²) in [5.41, 5.74) is 1.06. The van der Waals surface area contributed by atoms with Gasteiger partial charge in [0.05, 0.1) is 5.33 Å². The summed E-state index contributed by atoms with van der Waals surface area (Å²) in [7, 11) is 0. The number of hydrogen-bond acceptors (Lipinski definition) is 2. The van der Waals surface area contributed by atoms with Gasteiger partial charge < -0.3 is 4.57 Å². The lowest BCUT2D eigenvalue weighted by atomic mass is 10.2. The molecular weight excluding hydrogens is 426 g/mol. The van der Waals surface area contributed by atoms with Gasteiger partial charge in [-0.1, -0.05) is 54.7 Å². The van der Waals surface area contributed by atoms with Crippen molar-refractivity contribution in [2.24, 2.45) is 0 Å². The maximum Gasteiger partial charge on any atom is 0.164 e. The second-order valence-electron chi connectivity index (χ2n) is 3.88. The van der Waals surface area contributed by atoms with Crippen molar-refractivity contribution in [3.05, 3.63) is 33.0 Å². The van der Waals surface area contributed by atoms with Crippen LogP contribution < -0.4 is 0 Å². The molecule has 18 heavy (non-hydrogen) atoms. The Hall–Kier alpha value is -0.200. The van der Waals surface area contributed by atoms with Gasteiger partial charge >= 0.3 is 0 Å². The molecule has 96 valence electrons. The van der Waals surface area contributed by atoms with Gasteiger partial charge in [0, 0.05) is 21.1 Å². The molecule has 0 aliphatic carbocycles. The smallest absolute Gasteiger partial charge is 0.164 e. The van der Waals surface area contributed by atoms with Crippen molar-refractivity contribution in [3.8, 4) is 11.4 Å². The van der Waals surface area contributed by atoms with Crippen molar-refractivity contribution in [1.82, 2.24) is 14.8 Å². The monoisotopic (exact) mass is 435 g/mol. The maximum atomic E-state index is 4.30. The number of alkyl halides is 1. The van der Waals surface area contributed by atoms with Crippen LogP contribution in [0.4, 0.5) is 0 Å². The minimum Gasteiger partial charge on any atom is -0.310 e. The molecule has 0 saturated heterocycles. The fourth-order valence-corrected chi connectivity index (χ4v) is 3.50. The van der Waals surface area contributed by atoms with E-state index in [0.29, 0.717) is 0 Å². The van der Waals surface area contributed by atoms with Crippen LogP contribution in [0.3, 0.4) is 0 Å². The molecule has 6 heteroatoms. The third kappa shape index (κ3) is 3.03. The number of aromatic nitrogens is 3. The van der Waals surface area contributed by atoms with E-state index in [4.69, 9.17) is 0 Å². The van der Waals surface area contributed by atoms with E-state index in [1.54, 1.807) is 0 Å². The summed E-state index contributed by atoms with van der Waals surface area (Å²) in [5, 5.41) is 9.24. The molecule has 2 rings (SSSR count). The van der Waals surface area contributed by atoms with Crippen LogP contribution in [0.15, 0.2) is 27.1 Å². The van der Waals surface area contributed by atoms with Gasteiger partial charge in [-0.15, -0.1) is 10.2 Å². The standard InChI is InChI=1S/C12H12Br3N3/c1-2-3-18-11(7-13)16-17-12(18)8-4-9(14)6-10(15)5-8/h4-6H,2-3,7H2,1H3. The third-order valence-electron chi connectivity index (χ3n) is 2.51. The van der Waals surface area contributed by atoms with Gasteiger partial charge in [-0.05, 0) is 24.6 Å². The maximum absolute atomic E-state index is 4.30. The van der Waals surface area contributed by atoms with E-state index >= 15 is 0 Å². The van der Waals surface area contributed by atoms with Crippen molar-refractivity contribution in [1.29, 1.82) is 0 Å². The van der Waals surface area contributed by atoms with Crippen LogP contribution in [-0.2, 0) is 11.9 Å². The Morgan fingerprint density at radius 1 is 1.11 bits per heavy atom. The van der Waals surface area contributed by atoms with Crippen LogP contribution in [0.25, 0.3) is 11.4 Å². The van der Waals surface area contributed by atoms with E-state index < -0.39 is 0 Å². The molecule has 0 fully saturated rings. The zero-order valence-corrected chi connectivity index (χ0v) is 14.6. The Bertz CT molecular complexity index is 531. The zero-order chi connectivity index (χ0) is 13.1. The van der Waals surface area contributed by atoms with Gasteiger partial charge in [-0.3, -0.25) is 0 Å². The van der Waals surface area contributed by atoms with Crippen molar-refractivity contribution in [3.63, 3.8) is 0 Å². The summed E-state index contributed by atoms with van der Waals surface area (Å²) < 4.78 is 4.21. The summed E-state index contributed by atoms with van der Waals surface area (Å²) in [6.07, 6.45) is 1.06. The summed E-state index contributed by atoms with van der Waals surface area (Å²) in [4.78, 5) is 0. The Labute approximate surface area is 131 Å². The molecule has 1 aromatic heterocycles. The number of rotatable bonds is 4. The van der Waals surface area contributed by atoms with Crippen molar-refractivity contribution >= 4 is 47.8 Å². The number of benzene rings is 1. The first kappa shape index (κ1) is 14.2. The van der Waals surface area contributed by atoms with Crippen LogP contribution in [0.1, 0.15) is 19.2 Å². The summed E-state index contributed by atoms with van der Waals surface area (Å²) in [6.45, 7) is 3.08. The average molecular weight is 438 g/mol. The molecule has 0 aliphatic heterocycles. The second kappa shape index (κ2) is 6.30. The molecule has 0 atom stereocenters. The Kier molecular flexibility index (Phi) is 4.98. The zero-order valence-electron chi connectivity index (χ0n) is 9.83. The molecule has 1 heterocycles. The van der Waals surface area contributed by atoms with Crippen LogP contribution in [-0.4, -0.2) is 14.8 Å². The Morgan fingerprint density at radius 3 is 2.33 bits per heavy atom. The lowest BCUT2D eigenvalue weighted by Gasteiger charge is -2.08. The summed E-state index contributed by atoms with van der Waals surface area (Å²) >= 11 is 10.5. The largest absolute Gasteiger partial charge is 0.310 e. The minimum atomic E-state index is 0.717.